The van der Waals surface area contributed by atoms with Crippen LogP contribution in [0.2, 0.25) is 5.02 Å². The molecule has 1 aromatic heterocycles. The van der Waals surface area contributed by atoms with E-state index in [1.165, 1.54) is 11.1 Å². The average Bonchev–Trinajstić information content (AvgIpc) is 2.81. The molecule has 1 aromatic carbocycles. The second-order valence-corrected chi connectivity index (χ2v) is 5.94. The highest BCUT2D eigenvalue weighted by molar-refractivity contribution is 6.31. The molecule has 0 aliphatic heterocycles. The van der Waals surface area contributed by atoms with Crippen LogP contribution in [0.25, 0.3) is 0 Å². The zero-order valence-electron chi connectivity index (χ0n) is 13.1. The van der Waals surface area contributed by atoms with Crippen LogP contribution in [0.15, 0.2) is 30.5 Å². The fraction of sp³-hybridized carbons (Fsp3) is 0.471. The van der Waals surface area contributed by atoms with Crippen molar-refractivity contribution in [3.05, 3.63) is 52.3 Å². The van der Waals surface area contributed by atoms with Crippen molar-refractivity contribution in [2.24, 2.45) is 7.05 Å². The number of nitrogens with zero attached hydrogens (tertiary/aromatic N) is 2. The zero-order valence-corrected chi connectivity index (χ0v) is 13.8. The van der Waals surface area contributed by atoms with E-state index in [-0.39, 0.29) is 6.04 Å². The monoisotopic (exact) mass is 305 g/mol. The van der Waals surface area contributed by atoms with Gasteiger partial charge < -0.3 is 5.32 Å². The number of halogens is 1. The lowest BCUT2D eigenvalue weighted by Gasteiger charge is -2.19. The van der Waals surface area contributed by atoms with Gasteiger partial charge >= 0.3 is 0 Å². The average molecular weight is 306 g/mol. The summed E-state index contributed by atoms with van der Waals surface area (Å²) in [5.41, 5.74) is 3.74. The van der Waals surface area contributed by atoms with Crippen LogP contribution in [-0.4, -0.2) is 16.3 Å². The van der Waals surface area contributed by atoms with Crippen LogP contribution in [0.4, 0.5) is 0 Å². The Bertz CT molecular complexity index is 540. The summed E-state index contributed by atoms with van der Waals surface area (Å²) in [6, 6.07) is 8.99. The van der Waals surface area contributed by atoms with Gasteiger partial charge in [0.25, 0.3) is 0 Å². The number of aromatic nitrogens is 2. The number of nitrogens with one attached hydrogen (secondary N) is 1. The summed E-state index contributed by atoms with van der Waals surface area (Å²) in [5.74, 6) is 0. The second-order valence-electron chi connectivity index (χ2n) is 5.53. The second kappa shape index (κ2) is 7.62. The van der Waals surface area contributed by atoms with Gasteiger partial charge in [-0.2, -0.15) is 5.10 Å². The Balaban J connectivity index is 2.08. The maximum absolute atomic E-state index is 6.30. The molecule has 0 amide bonds. The highest BCUT2D eigenvalue weighted by atomic mass is 35.5. The van der Waals surface area contributed by atoms with Crippen molar-refractivity contribution in [1.82, 2.24) is 15.1 Å². The number of hydrogen-bond acceptors (Lipinski definition) is 2. The molecule has 0 radical (unpaired) electrons. The predicted octanol–water partition coefficient (Wildman–Crippen LogP) is 4.06. The van der Waals surface area contributed by atoms with Crippen LogP contribution < -0.4 is 5.32 Å². The number of hydrogen-bond donors (Lipinski definition) is 1. The van der Waals surface area contributed by atoms with E-state index >= 15 is 0 Å². The molecular formula is C17H24ClN3. The van der Waals surface area contributed by atoms with Crippen molar-refractivity contribution < 1.29 is 0 Å². The molecule has 21 heavy (non-hydrogen) atoms. The fourth-order valence-corrected chi connectivity index (χ4v) is 2.83. The van der Waals surface area contributed by atoms with Crippen LogP contribution >= 0.6 is 11.6 Å². The number of aryl methyl sites for hydroxylation is 3. The zero-order chi connectivity index (χ0) is 15.2. The van der Waals surface area contributed by atoms with E-state index in [1.807, 2.05) is 11.7 Å². The van der Waals surface area contributed by atoms with Gasteiger partial charge in [0.2, 0.25) is 0 Å². The van der Waals surface area contributed by atoms with Crippen molar-refractivity contribution in [2.75, 3.05) is 6.54 Å². The summed E-state index contributed by atoms with van der Waals surface area (Å²) in [5, 5.41) is 8.59. The van der Waals surface area contributed by atoms with Crippen molar-refractivity contribution >= 4 is 11.6 Å². The van der Waals surface area contributed by atoms with Crippen LogP contribution in [0.3, 0.4) is 0 Å². The lowest BCUT2D eigenvalue weighted by Crippen LogP contribution is -2.25. The maximum Gasteiger partial charge on any atom is 0.0834 e. The van der Waals surface area contributed by atoms with Gasteiger partial charge in [-0.05, 0) is 38.3 Å². The SMILES string of the molecule is CCCNC(CCc1ccc(C)cc1)c1c(Cl)cnn1C. The first-order chi connectivity index (χ1) is 10.1. The van der Waals surface area contributed by atoms with E-state index in [0.717, 1.165) is 36.5 Å². The summed E-state index contributed by atoms with van der Waals surface area (Å²) in [7, 11) is 1.95. The number of rotatable bonds is 7. The summed E-state index contributed by atoms with van der Waals surface area (Å²) in [4.78, 5) is 0. The van der Waals surface area contributed by atoms with E-state index in [1.54, 1.807) is 6.20 Å². The molecule has 1 N–H and O–H groups in total. The molecule has 2 rings (SSSR count). The van der Waals surface area contributed by atoms with Crippen LogP contribution in [0.5, 0.6) is 0 Å². The summed E-state index contributed by atoms with van der Waals surface area (Å²) in [6.45, 7) is 5.28. The Kier molecular flexibility index (Phi) is 5.83. The normalized spacial score (nSPS) is 12.6. The topological polar surface area (TPSA) is 29.9 Å². The summed E-state index contributed by atoms with van der Waals surface area (Å²) >= 11 is 6.30. The van der Waals surface area contributed by atoms with Gasteiger partial charge in [0.15, 0.2) is 0 Å². The van der Waals surface area contributed by atoms with Crippen molar-refractivity contribution in [2.45, 2.75) is 39.2 Å². The molecule has 1 atom stereocenters. The summed E-state index contributed by atoms with van der Waals surface area (Å²) < 4.78 is 1.88. The van der Waals surface area contributed by atoms with E-state index in [2.05, 4.69) is 48.5 Å². The molecule has 0 bridgehead atoms. The molecule has 0 saturated heterocycles. The Labute approximate surface area is 132 Å². The predicted molar refractivity (Wildman–Crippen MR) is 88.8 cm³/mol. The highest BCUT2D eigenvalue weighted by Gasteiger charge is 2.18. The van der Waals surface area contributed by atoms with E-state index in [9.17, 15) is 0 Å². The van der Waals surface area contributed by atoms with Gasteiger partial charge in [0, 0.05) is 7.05 Å². The molecule has 2 aromatic rings. The van der Waals surface area contributed by atoms with Gasteiger partial charge in [-0.25, -0.2) is 0 Å². The van der Waals surface area contributed by atoms with Crippen molar-refractivity contribution in [1.29, 1.82) is 0 Å². The molecule has 114 valence electrons. The van der Waals surface area contributed by atoms with Gasteiger partial charge in [0.05, 0.1) is 23.0 Å². The van der Waals surface area contributed by atoms with Gasteiger partial charge in [0.1, 0.15) is 0 Å². The first kappa shape index (κ1) is 16.1. The molecule has 3 nitrogen and oxygen atoms in total. The van der Waals surface area contributed by atoms with Gasteiger partial charge in [-0.15, -0.1) is 0 Å². The third-order valence-electron chi connectivity index (χ3n) is 3.75. The Hall–Kier alpha value is -1.32. The molecular weight excluding hydrogens is 282 g/mol. The van der Waals surface area contributed by atoms with Crippen molar-refractivity contribution in [3.63, 3.8) is 0 Å². The van der Waals surface area contributed by atoms with E-state index in [0.29, 0.717) is 0 Å². The van der Waals surface area contributed by atoms with Gasteiger partial charge in [-0.1, -0.05) is 48.4 Å². The van der Waals surface area contributed by atoms with Crippen LogP contribution in [0, 0.1) is 6.92 Å². The van der Waals surface area contributed by atoms with Crippen molar-refractivity contribution in [3.8, 4) is 0 Å². The van der Waals surface area contributed by atoms with E-state index < -0.39 is 0 Å². The largest absolute Gasteiger partial charge is 0.309 e. The fourth-order valence-electron chi connectivity index (χ4n) is 2.53. The molecule has 4 heteroatoms. The molecule has 0 aliphatic carbocycles. The minimum atomic E-state index is 0.242. The first-order valence-corrected chi connectivity index (χ1v) is 7.96. The molecule has 1 unspecified atom stereocenters. The molecule has 0 spiro atoms. The van der Waals surface area contributed by atoms with Crippen LogP contribution in [-0.2, 0) is 13.5 Å². The smallest absolute Gasteiger partial charge is 0.0834 e. The molecule has 0 saturated carbocycles. The maximum atomic E-state index is 6.30. The molecule has 0 fully saturated rings. The van der Waals surface area contributed by atoms with Gasteiger partial charge in [-0.3, -0.25) is 4.68 Å². The molecule has 0 aliphatic rings. The minimum Gasteiger partial charge on any atom is -0.309 e. The Morgan fingerprint density at radius 2 is 2.00 bits per heavy atom. The van der Waals surface area contributed by atoms with Crippen LogP contribution in [0.1, 0.15) is 42.6 Å². The lowest BCUT2D eigenvalue weighted by atomic mass is 10.0. The highest BCUT2D eigenvalue weighted by Crippen LogP contribution is 2.26. The quantitative estimate of drug-likeness (QED) is 0.836. The third kappa shape index (κ3) is 4.32. The minimum absolute atomic E-state index is 0.242. The first-order valence-electron chi connectivity index (χ1n) is 7.58. The van der Waals surface area contributed by atoms with E-state index in [4.69, 9.17) is 11.6 Å². The lowest BCUT2D eigenvalue weighted by molar-refractivity contribution is 0.468. The molecule has 1 heterocycles. The standard InChI is InChI=1S/C17H24ClN3/c1-4-11-19-16(17-15(18)12-20-21(17)3)10-9-14-7-5-13(2)6-8-14/h5-8,12,16,19H,4,9-11H2,1-3H3. The third-order valence-corrected chi connectivity index (χ3v) is 4.04. The Morgan fingerprint density at radius 1 is 1.29 bits per heavy atom. The number of benzene rings is 1. The Morgan fingerprint density at radius 3 is 2.57 bits per heavy atom. The summed E-state index contributed by atoms with van der Waals surface area (Å²) in [6.07, 6.45) is 4.88.